The molecule has 0 spiro atoms. The summed E-state index contributed by atoms with van der Waals surface area (Å²) < 4.78 is 0. The van der Waals surface area contributed by atoms with Crippen LogP contribution in [0.5, 0.6) is 0 Å². The Hall–Kier alpha value is -1.59. The largest absolute Gasteiger partial charge is 0.303 e. The minimum Gasteiger partial charge on any atom is -0.303 e. The molecular weight excluding hydrogens is 282 g/mol. The van der Waals surface area contributed by atoms with E-state index in [-0.39, 0.29) is 11.2 Å². The lowest BCUT2D eigenvalue weighted by atomic mass is 10.2. The van der Waals surface area contributed by atoms with Crippen LogP contribution in [-0.4, -0.2) is 22.5 Å². The maximum atomic E-state index is 11.5. The quantitative estimate of drug-likeness (QED) is 0.527. The third-order valence-electron chi connectivity index (χ3n) is 2.38. The summed E-state index contributed by atoms with van der Waals surface area (Å²) in [6.45, 7) is 3.62. The van der Waals surface area contributed by atoms with Crippen LogP contribution in [-0.2, 0) is 4.79 Å². The summed E-state index contributed by atoms with van der Waals surface area (Å²) in [5.41, 5.74) is 0.894. The van der Waals surface area contributed by atoms with Crippen LogP contribution in [0.2, 0.25) is 5.02 Å². The molecule has 1 aliphatic rings. The summed E-state index contributed by atoms with van der Waals surface area (Å²) in [6, 6.07) is 7.24. The second kappa shape index (κ2) is 6.54. The number of allylic oxidation sites excluding steroid dienone is 1. The van der Waals surface area contributed by atoms with E-state index in [1.165, 1.54) is 11.8 Å². The second-order valence-corrected chi connectivity index (χ2v) is 5.45. The van der Waals surface area contributed by atoms with Gasteiger partial charge < -0.3 is 5.32 Å². The highest BCUT2D eigenvalue weighted by atomic mass is 35.5. The third kappa shape index (κ3) is 3.94. The predicted molar refractivity (Wildman–Crippen MR) is 80.8 cm³/mol. The molecule has 19 heavy (non-hydrogen) atoms. The average molecular weight is 294 g/mol. The van der Waals surface area contributed by atoms with Gasteiger partial charge in [-0.1, -0.05) is 41.6 Å². The van der Waals surface area contributed by atoms with Gasteiger partial charge >= 0.3 is 0 Å². The molecule has 1 aromatic carbocycles. The molecule has 1 heterocycles. The summed E-state index contributed by atoms with van der Waals surface area (Å²) in [6.07, 6.45) is 3.95. The third-order valence-corrected chi connectivity index (χ3v) is 3.73. The Labute approximate surface area is 120 Å². The lowest BCUT2D eigenvalue weighted by molar-refractivity contribution is -0.118. The van der Waals surface area contributed by atoms with E-state index in [4.69, 9.17) is 11.6 Å². The molecule has 1 N–H and O–H groups in total. The van der Waals surface area contributed by atoms with Gasteiger partial charge in [-0.2, -0.15) is 5.10 Å². The standard InChI is InChI=1S/C13H12ClN3OS/c1-2-3-11-12(18)16-13(19-11)17-15-8-9-4-6-10(14)7-5-9/h2,4-8,11H,1,3H2,(H,16,17,18)/b15-8+. The van der Waals surface area contributed by atoms with Crippen molar-refractivity contribution in [2.75, 3.05) is 0 Å². The van der Waals surface area contributed by atoms with Crippen molar-refractivity contribution in [3.05, 3.63) is 47.5 Å². The number of thioether (sulfide) groups is 1. The summed E-state index contributed by atoms with van der Waals surface area (Å²) in [7, 11) is 0. The van der Waals surface area contributed by atoms with E-state index >= 15 is 0 Å². The van der Waals surface area contributed by atoms with Crippen LogP contribution < -0.4 is 5.32 Å². The summed E-state index contributed by atoms with van der Waals surface area (Å²) in [5.74, 6) is -0.0506. The number of benzene rings is 1. The number of amides is 1. The average Bonchev–Trinajstić information content (AvgIpc) is 2.73. The highest BCUT2D eigenvalue weighted by molar-refractivity contribution is 8.15. The Morgan fingerprint density at radius 3 is 2.84 bits per heavy atom. The second-order valence-electron chi connectivity index (χ2n) is 3.82. The van der Waals surface area contributed by atoms with Crippen LogP contribution in [0, 0.1) is 0 Å². The number of rotatable bonds is 4. The molecular formula is C13H12ClN3OS. The predicted octanol–water partition coefficient (Wildman–Crippen LogP) is 2.84. The SMILES string of the molecule is C=CCC1S/C(=N\N=C\c2ccc(Cl)cc2)NC1=O. The number of halogens is 1. The van der Waals surface area contributed by atoms with E-state index < -0.39 is 0 Å². The number of hydrogen-bond acceptors (Lipinski definition) is 4. The zero-order chi connectivity index (χ0) is 13.7. The minimum absolute atomic E-state index is 0.0506. The highest BCUT2D eigenvalue weighted by Gasteiger charge is 2.28. The van der Waals surface area contributed by atoms with Gasteiger partial charge in [0.25, 0.3) is 0 Å². The Balaban J connectivity index is 1.98. The van der Waals surface area contributed by atoms with E-state index in [1.807, 2.05) is 12.1 Å². The normalized spacial score (nSPS) is 21.0. The molecule has 98 valence electrons. The molecule has 1 aromatic rings. The van der Waals surface area contributed by atoms with Gasteiger partial charge in [-0.05, 0) is 24.1 Å². The lowest BCUT2D eigenvalue weighted by Gasteiger charge is -1.97. The van der Waals surface area contributed by atoms with Crippen molar-refractivity contribution in [3.63, 3.8) is 0 Å². The fraction of sp³-hybridized carbons (Fsp3) is 0.154. The summed E-state index contributed by atoms with van der Waals surface area (Å²) in [4.78, 5) is 11.5. The minimum atomic E-state index is -0.151. The number of hydrogen-bond donors (Lipinski definition) is 1. The fourth-order valence-electron chi connectivity index (χ4n) is 1.46. The van der Waals surface area contributed by atoms with Gasteiger partial charge in [0.1, 0.15) is 0 Å². The monoisotopic (exact) mass is 293 g/mol. The van der Waals surface area contributed by atoms with Crippen LogP contribution >= 0.6 is 23.4 Å². The Morgan fingerprint density at radius 2 is 2.16 bits per heavy atom. The molecule has 4 nitrogen and oxygen atoms in total. The Kier molecular flexibility index (Phi) is 4.76. The van der Waals surface area contributed by atoms with E-state index in [0.717, 1.165) is 5.56 Å². The molecule has 1 saturated heterocycles. The zero-order valence-corrected chi connectivity index (χ0v) is 11.6. The van der Waals surface area contributed by atoms with Gasteiger partial charge in [-0.25, -0.2) is 0 Å². The first-order chi connectivity index (χ1) is 9.19. The van der Waals surface area contributed by atoms with Gasteiger partial charge in [-0.3, -0.25) is 4.79 Å². The number of carbonyl (C=O) groups excluding carboxylic acids is 1. The molecule has 2 rings (SSSR count). The molecule has 1 atom stereocenters. The molecule has 0 bridgehead atoms. The maximum Gasteiger partial charge on any atom is 0.239 e. The van der Waals surface area contributed by atoms with Gasteiger partial charge in [0.2, 0.25) is 5.91 Å². The molecule has 6 heteroatoms. The summed E-state index contributed by atoms with van der Waals surface area (Å²) >= 11 is 7.14. The molecule has 0 radical (unpaired) electrons. The molecule has 1 aliphatic heterocycles. The van der Waals surface area contributed by atoms with Crippen molar-refractivity contribution in [2.45, 2.75) is 11.7 Å². The van der Waals surface area contributed by atoms with Crippen LogP contribution in [0.25, 0.3) is 0 Å². The molecule has 1 amide bonds. The van der Waals surface area contributed by atoms with Crippen LogP contribution in [0.15, 0.2) is 47.1 Å². The van der Waals surface area contributed by atoms with Crippen molar-refractivity contribution in [1.82, 2.24) is 5.32 Å². The molecule has 0 saturated carbocycles. The van der Waals surface area contributed by atoms with Crippen LogP contribution in [0.3, 0.4) is 0 Å². The van der Waals surface area contributed by atoms with Gasteiger partial charge in [0.05, 0.1) is 11.5 Å². The topological polar surface area (TPSA) is 53.8 Å². The molecule has 1 unspecified atom stereocenters. The van der Waals surface area contributed by atoms with Gasteiger partial charge in [-0.15, -0.1) is 11.7 Å². The first-order valence-corrected chi connectivity index (χ1v) is 6.90. The van der Waals surface area contributed by atoms with Crippen LogP contribution in [0.1, 0.15) is 12.0 Å². The molecule has 0 aromatic heterocycles. The van der Waals surface area contributed by atoms with E-state index in [9.17, 15) is 4.79 Å². The van der Waals surface area contributed by atoms with E-state index in [0.29, 0.717) is 16.6 Å². The van der Waals surface area contributed by atoms with Crippen molar-refractivity contribution in [3.8, 4) is 0 Å². The number of nitrogens with one attached hydrogen (secondary N) is 1. The van der Waals surface area contributed by atoms with Gasteiger partial charge in [0.15, 0.2) is 5.17 Å². The Morgan fingerprint density at radius 1 is 1.42 bits per heavy atom. The smallest absolute Gasteiger partial charge is 0.239 e. The first-order valence-electron chi connectivity index (χ1n) is 5.64. The number of carbonyl (C=O) groups is 1. The van der Waals surface area contributed by atoms with Crippen LogP contribution in [0.4, 0.5) is 0 Å². The summed E-state index contributed by atoms with van der Waals surface area (Å²) in [5, 5.41) is 11.6. The zero-order valence-electron chi connectivity index (χ0n) is 10.0. The highest BCUT2D eigenvalue weighted by Crippen LogP contribution is 2.22. The Bertz CT molecular complexity index is 539. The van der Waals surface area contributed by atoms with Crippen molar-refractivity contribution < 1.29 is 4.79 Å². The molecule has 1 fully saturated rings. The number of amidine groups is 1. The van der Waals surface area contributed by atoms with E-state index in [2.05, 4.69) is 22.1 Å². The van der Waals surface area contributed by atoms with E-state index in [1.54, 1.807) is 24.4 Å². The van der Waals surface area contributed by atoms with Crippen molar-refractivity contribution in [1.29, 1.82) is 0 Å². The van der Waals surface area contributed by atoms with Gasteiger partial charge in [0, 0.05) is 5.02 Å². The maximum absolute atomic E-state index is 11.5. The fourth-order valence-corrected chi connectivity index (χ4v) is 2.50. The van der Waals surface area contributed by atoms with Crippen molar-refractivity contribution in [2.24, 2.45) is 10.2 Å². The first kappa shape index (κ1) is 13.8. The molecule has 0 aliphatic carbocycles. The van der Waals surface area contributed by atoms with Crippen molar-refractivity contribution >= 4 is 40.7 Å². The lowest BCUT2D eigenvalue weighted by Crippen LogP contribution is -2.24. The number of nitrogens with zero attached hydrogens (tertiary/aromatic N) is 2.